The molecule has 1 unspecified atom stereocenters. The van der Waals surface area contributed by atoms with Crippen LogP contribution in [-0.4, -0.2) is 32.8 Å². The van der Waals surface area contributed by atoms with E-state index >= 15 is 0 Å². The molecule has 118 valence electrons. The quantitative estimate of drug-likeness (QED) is 0.559. The van der Waals surface area contributed by atoms with Crippen LogP contribution in [0.3, 0.4) is 0 Å². The normalized spacial score (nSPS) is 11.8. The summed E-state index contributed by atoms with van der Waals surface area (Å²) >= 11 is 0. The summed E-state index contributed by atoms with van der Waals surface area (Å²) in [5.41, 5.74) is 7.05. The molecule has 5 heteroatoms. The van der Waals surface area contributed by atoms with Crippen molar-refractivity contribution in [3.63, 3.8) is 0 Å². The number of methoxy groups -OCH3 is 2. The molecule has 0 heterocycles. The fourth-order valence-electron chi connectivity index (χ4n) is 1.97. The van der Waals surface area contributed by atoms with Crippen LogP contribution in [0.4, 0.5) is 0 Å². The molecule has 0 saturated carbocycles. The number of rotatable bonds is 9. The van der Waals surface area contributed by atoms with Crippen molar-refractivity contribution in [1.82, 2.24) is 0 Å². The van der Waals surface area contributed by atoms with E-state index in [1.54, 1.807) is 7.11 Å². The van der Waals surface area contributed by atoms with Crippen LogP contribution in [0, 0.1) is 0 Å². The second kappa shape index (κ2) is 9.23. The molecule has 0 spiro atoms. The van der Waals surface area contributed by atoms with Gasteiger partial charge in [0.25, 0.3) is 0 Å². The lowest BCUT2D eigenvalue weighted by molar-refractivity contribution is -0.140. The van der Waals surface area contributed by atoms with Crippen LogP contribution in [0.1, 0.15) is 31.7 Å². The zero-order valence-electron chi connectivity index (χ0n) is 13.1. The summed E-state index contributed by atoms with van der Waals surface area (Å²) in [5, 5.41) is 0. The second-order valence-electron chi connectivity index (χ2n) is 4.85. The highest BCUT2D eigenvalue weighted by atomic mass is 16.5. The van der Waals surface area contributed by atoms with Crippen LogP contribution >= 0.6 is 0 Å². The predicted molar refractivity (Wildman–Crippen MR) is 81.7 cm³/mol. The van der Waals surface area contributed by atoms with E-state index < -0.39 is 0 Å². The minimum atomic E-state index is -0.230. The first-order valence-electron chi connectivity index (χ1n) is 7.23. The van der Waals surface area contributed by atoms with E-state index in [2.05, 4.69) is 11.7 Å². The molecule has 0 aliphatic rings. The highest BCUT2D eigenvalue weighted by Gasteiger charge is 2.13. The topological polar surface area (TPSA) is 70.8 Å². The van der Waals surface area contributed by atoms with Gasteiger partial charge in [-0.3, -0.25) is 4.79 Å². The minimum Gasteiger partial charge on any atom is -0.493 e. The van der Waals surface area contributed by atoms with Gasteiger partial charge in [0.2, 0.25) is 0 Å². The molecule has 0 bridgehead atoms. The Bertz CT molecular complexity index is 448. The smallest absolute Gasteiger partial charge is 0.305 e. The number of hydrogen-bond donors (Lipinski definition) is 1. The zero-order valence-corrected chi connectivity index (χ0v) is 13.1. The Morgan fingerprint density at radius 2 is 2.10 bits per heavy atom. The molecule has 1 aromatic carbocycles. The van der Waals surface area contributed by atoms with E-state index in [1.807, 2.05) is 18.2 Å². The molecule has 2 N–H and O–H groups in total. The van der Waals surface area contributed by atoms with Crippen LogP contribution in [0.15, 0.2) is 18.2 Å². The lowest BCUT2D eigenvalue weighted by Gasteiger charge is -2.17. The Hall–Kier alpha value is -1.75. The summed E-state index contributed by atoms with van der Waals surface area (Å²) in [7, 11) is 2.99. The Kier molecular flexibility index (Phi) is 7.61. The van der Waals surface area contributed by atoms with Gasteiger partial charge in [0.05, 0.1) is 20.8 Å². The van der Waals surface area contributed by atoms with E-state index in [-0.39, 0.29) is 12.0 Å². The first-order chi connectivity index (χ1) is 10.1. The van der Waals surface area contributed by atoms with Gasteiger partial charge >= 0.3 is 5.97 Å². The molecule has 0 aromatic heterocycles. The maximum atomic E-state index is 11.1. The third-order valence-electron chi connectivity index (χ3n) is 3.29. The van der Waals surface area contributed by atoms with Gasteiger partial charge in [0, 0.05) is 12.5 Å². The van der Waals surface area contributed by atoms with Crippen molar-refractivity contribution >= 4 is 5.97 Å². The number of esters is 1. The molecule has 21 heavy (non-hydrogen) atoms. The molecule has 1 aromatic rings. The summed E-state index contributed by atoms with van der Waals surface area (Å²) in [6, 6.07) is 5.87. The number of carbonyl (C=O) groups excluding carboxylic acids is 1. The number of hydrogen-bond acceptors (Lipinski definition) is 5. The molecule has 1 rings (SSSR count). The Balaban J connectivity index is 2.70. The number of carbonyl (C=O) groups is 1. The molecule has 0 amide bonds. The van der Waals surface area contributed by atoms with Gasteiger partial charge in [-0.1, -0.05) is 19.1 Å². The van der Waals surface area contributed by atoms with Gasteiger partial charge < -0.3 is 19.9 Å². The summed E-state index contributed by atoms with van der Waals surface area (Å²) < 4.78 is 15.8. The fraction of sp³-hybridized carbons (Fsp3) is 0.562. The minimum absolute atomic E-state index is 0.0922. The highest BCUT2D eigenvalue weighted by Crippen LogP contribution is 2.32. The Labute approximate surface area is 126 Å². The summed E-state index contributed by atoms with van der Waals surface area (Å²) in [6.07, 6.45) is 2.58. The van der Waals surface area contributed by atoms with E-state index in [0.717, 1.165) is 18.4 Å². The van der Waals surface area contributed by atoms with E-state index in [4.69, 9.17) is 15.2 Å². The van der Waals surface area contributed by atoms with E-state index in [9.17, 15) is 4.79 Å². The average Bonchev–Trinajstić information content (AvgIpc) is 2.51. The van der Waals surface area contributed by atoms with Crippen molar-refractivity contribution in [3.05, 3.63) is 23.8 Å². The van der Waals surface area contributed by atoms with Crippen molar-refractivity contribution in [1.29, 1.82) is 0 Å². The third kappa shape index (κ3) is 5.63. The van der Waals surface area contributed by atoms with Gasteiger partial charge in [0.15, 0.2) is 11.5 Å². The molecule has 0 aliphatic heterocycles. The van der Waals surface area contributed by atoms with Gasteiger partial charge in [-0.25, -0.2) is 0 Å². The van der Waals surface area contributed by atoms with Crippen molar-refractivity contribution in [3.8, 4) is 11.5 Å². The molecule has 0 fully saturated rings. The zero-order chi connectivity index (χ0) is 15.7. The van der Waals surface area contributed by atoms with Gasteiger partial charge in [-0.2, -0.15) is 0 Å². The number of benzene rings is 1. The molecular weight excluding hydrogens is 270 g/mol. The monoisotopic (exact) mass is 295 g/mol. The maximum Gasteiger partial charge on any atom is 0.305 e. The first kappa shape index (κ1) is 17.3. The van der Waals surface area contributed by atoms with Gasteiger partial charge in [-0.05, 0) is 30.9 Å². The fourth-order valence-corrected chi connectivity index (χ4v) is 1.97. The molecule has 1 atom stereocenters. The number of nitrogens with two attached hydrogens (primary N) is 1. The van der Waals surface area contributed by atoms with Crippen LogP contribution in [0.25, 0.3) is 0 Å². The van der Waals surface area contributed by atoms with Crippen molar-refractivity contribution in [2.75, 3.05) is 20.8 Å². The van der Waals surface area contributed by atoms with E-state index in [0.29, 0.717) is 30.9 Å². The number of ether oxygens (including phenoxy) is 3. The summed E-state index contributed by atoms with van der Waals surface area (Å²) in [4.78, 5) is 11.1. The summed E-state index contributed by atoms with van der Waals surface area (Å²) in [5.74, 6) is 1.18. The van der Waals surface area contributed by atoms with Crippen molar-refractivity contribution in [2.24, 2.45) is 5.73 Å². The molecule has 0 aliphatic carbocycles. The molecule has 0 radical (unpaired) electrons. The Morgan fingerprint density at radius 3 is 2.71 bits per heavy atom. The van der Waals surface area contributed by atoms with Gasteiger partial charge in [-0.15, -0.1) is 0 Å². The number of para-hydroxylation sites is 1. The van der Waals surface area contributed by atoms with Gasteiger partial charge in [0.1, 0.15) is 0 Å². The first-order valence-corrected chi connectivity index (χ1v) is 7.23. The maximum absolute atomic E-state index is 11.1. The van der Waals surface area contributed by atoms with Crippen LogP contribution < -0.4 is 15.2 Å². The standard InChI is InChI=1S/C16H25NO4/c1-4-13(17)11-12-7-5-8-14(19-2)16(12)21-10-6-9-15(18)20-3/h5,7-8,13H,4,6,9-11,17H2,1-3H3. The Morgan fingerprint density at radius 1 is 1.33 bits per heavy atom. The highest BCUT2D eigenvalue weighted by molar-refractivity contribution is 5.69. The predicted octanol–water partition coefficient (Wildman–Crippen LogP) is 2.31. The third-order valence-corrected chi connectivity index (χ3v) is 3.29. The SMILES string of the molecule is CCC(N)Cc1cccc(OC)c1OCCCC(=O)OC. The van der Waals surface area contributed by atoms with Crippen molar-refractivity contribution in [2.45, 2.75) is 38.6 Å². The van der Waals surface area contributed by atoms with Crippen LogP contribution in [-0.2, 0) is 16.0 Å². The molecular formula is C16H25NO4. The average molecular weight is 295 g/mol. The summed E-state index contributed by atoms with van der Waals surface area (Å²) in [6.45, 7) is 2.49. The van der Waals surface area contributed by atoms with Crippen molar-refractivity contribution < 1.29 is 19.0 Å². The van der Waals surface area contributed by atoms with E-state index in [1.165, 1.54) is 7.11 Å². The molecule has 0 saturated heterocycles. The largest absolute Gasteiger partial charge is 0.493 e. The van der Waals surface area contributed by atoms with Crippen LogP contribution in [0.5, 0.6) is 11.5 Å². The lowest BCUT2D eigenvalue weighted by atomic mass is 10.0. The second-order valence-corrected chi connectivity index (χ2v) is 4.85. The molecule has 5 nitrogen and oxygen atoms in total. The van der Waals surface area contributed by atoms with Crippen LogP contribution in [0.2, 0.25) is 0 Å². The lowest BCUT2D eigenvalue weighted by Crippen LogP contribution is -2.22.